The summed E-state index contributed by atoms with van der Waals surface area (Å²) in [4.78, 5) is 12.4. The molecule has 0 aromatic rings. The fourth-order valence-electron chi connectivity index (χ4n) is 8.14. The molecule has 5 aliphatic rings. The third-order valence-corrected chi connectivity index (χ3v) is 9.90. The lowest BCUT2D eigenvalue weighted by molar-refractivity contribution is -0.269. The normalized spacial score (nSPS) is 50.6. The summed E-state index contributed by atoms with van der Waals surface area (Å²) in [6, 6.07) is 0.431. The van der Waals surface area contributed by atoms with Crippen molar-refractivity contribution in [3.63, 3.8) is 0 Å². The van der Waals surface area contributed by atoms with E-state index in [0.29, 0.717) is 30.8 Å². The van der Waals surface area contributed by atoms with Gasteiger partial charge in [-0.2, -0.15) is 0 Å². The van der Waals surface area contributed by atoms with E-state index in [1.54, 1.807) is 0 Å². The quantitative estimate of drug-likeness (QED) is 0.631. The summed E-state index contributed by atoms with van der Waals surface area (Å²) < 4.78 is 7.25. The van der Waals surface area contributed by atoms with Crippen LogP contribution in [0, 0.1) is 34.5 Å². The van der Waals surface area contributed by atoms with E-state index in [1.165, 1.54) is 19.3 Å². The van der Waals surface area contributed by atoms with Gasteiger partial charge in [0.05, 0.1) is 12.0 Å². The van der Waals surface area contributed by atoms with Gasteiger partial charge in [-0.05, 0) is 56.1 Å². The van der Waals surface area contributed by atoms with Crippen LogP contribution in [0.3, 0.4) is 0 Å². The summed E-state index contributed by atoms with van der Waals surface area (Å²) in [5, 5.41) is 17.6. The first-order valence-electron chi connectivity index (χ1n) is 11.7. The Kier molecular flexibility index (Phi) is 4.27. The predicted molar refractivity (Wildman–Crippen MR) is 112 cm³/mol. The number of hydrogen-bond acceptors (Lipinski definition) is 4. The summed E-state index contributed by atoms with van der Waals surface area (Å²) in [6.45, 7) is 10.3. The molecule has 2 heterocycles. The monoisotopic (exact) mass is 402 g/mol. The molecule has 5 nitrogen and oxygen atoms in total. The van der Waals surface area contributed by atoms with Gasteiger partial charge in [0.15, 0.2) is 0 Å². The van der Waals surface area contributed by atoms with E-state index < -0.39 is 6.10 Å². The maximum atomic E-state index is 12.4. The van der Waals surface area contributed by atoms with Crippen LogP contribution in [0.4, 0.5) is 0 Å². The van der Waals surface area contributed by atoms with Crippen LogP contribution < -0.4 is 10.6 Å². The molecule has 2 saturated heterocycles. The molecule has 162 valence electrons. The Hall–Kier alpha value is -1.07. The van der Waals surface area contributed by atoms with Crippen LogP contribution in [0.1, 0.15) is 66.2 Å². The second-order valence-corrected chi connectivity index (χ2v) is 11.6. The van der Waals surface area contributed by atoms with Crippen molar-refractivity contribution in [2.75, 3.05) is 13.6 Å². The number of ether oxygens (including phenoxy) is 1. The largest absolute Gasteiger partial charge is 0.490 e. The molecular weight excluding hydrogens is 364 g/mol. The molecule has 5 rings (SSSR count). The molecule has 3 N–H and O–H groups in total. The fraction of sp³-hybridized carbons (Fsp3) is 0.875. The van der Waals surface area contributed by atoms with Gasteiger partial charge in [-0.25, -0.2) is 0 Å². The second-order valence-electron chi connectivity index (χ2n) is 11.6. The molecule has 0 aromatic heterocycles. The molecule has 1 amide bonds. The SMILES string of the molecule is CNC1CC(C)(C)C2CCC(C)C3(C)CC4C(=C5CNC(=O)C5CC4O)OC23C1. The topological polar surface area (TPSA) is 70.6 Å². The number of amides is 1. The lowest BCUT2D eigenvalue weighted by Crippen LogP contribution is -2.70. The smallest absolute Gasteiger partial charge is 0.227 e. The highest BCUT2D eigenvalue weighted by Crippen LogP contribution is 2.68. The van der Waals surface area contributed by atoms with Crippen molar-refractivity contribution < 1.29 is 14.6 Å². The van der Waals surface area contributed by atoms with E-state index in [4.69, 9.17) is 4.74 Å². The second kappa shape index (κ2) is 6.23. The van der Waals surface area contributed by atoms with Crippen LogP contribution in [0.25, 0.3) is 0 Å². The Morgan fingerprint density at radius 2 is 1.93 bits per heavy atom. The van der Waals surface area contributed by atoms with Gasteiger partial charge in [0.25, 0.3) is 0 Å². The van der Waals surface area contributed by atoms with E-state index in [0.717, 1.165) is 24.2 Å². The Bertz CT molecular complexity index is 761. The molecule has 0 radical (unpaired) electrons. The molecule has 8 unspecified atom stereocenters. The minimum Gasteiger partial charge on any atom is -0.490 e. The van der Waals surface area contributed by atoms with Gasteiger partial charge in [0, 0.05) is 36.3 Å². The maximum absolute atomic E-state index is 12.4. The van der Waals surface area contributed by atoms with Gasteiger partial charge < -0.3 is 20.5 Å². The predicted octanol–water partition coefficient (Wildman–Crippen LogP) is 2.99. The molecule has 5 heteroatoms. The molecule has 1 spiro atoms. The number of rotatable bonds is 1. The van der Waals surface area contributed by atoms with Gasteiger partial charge in [-0.1, -0.05) is 27.7 Å². The van der Waals surface area contributed by atoms with E-state index in [9.17, 15) is 9.90 Å². The summed E-state index contributed by atoms with van der Waals surface area (Å²) in [6.07, 6.45) is 5.66. The van der Waals surface area contributed by atoms with Crippen molar-refractivity contribution in [3.8, 4) is 0 Å². The highest BCUT2D eigenvalue weighted by Gasteiger charge is 2.69. The molecule has 0 aromatic carbocycles. The van der Waals surface area contributed by atoms with Gasteiger partial charge >= 0.3 is 0 Å². The number of aliphatic hydroxyl groups excluding tert-OH is 1. The number of aliphatic hydroxyl groups is 1. The van der Waals surface area contributed by atoms with E-state index in [2.05, 4.69) is 45.4 Å². The molecule has 29 heavy (non-hydrogen) atoms. The summed E-state index contributed by atoms with van der Waals surface area (Å²) in [5.41, 5.74) is 1.12. The first-order valence-corrected chi connectivity index (χ1v) is 11.7. The lowest BCUT2D eigenvalue weighted by atomic mass is 9.42. The van der Waals surface area contributed by atoms with Crippen LogP contribution in [-0.4, -0.2) is 42.4 Å². The number of fused-ring (bicyclic) bond motifs is 2. The Morgan fingerprint density at radius 3 is 2.66 bits per heavy atom. The van der Waals surface area contributed by atoms with E-state index >= 15 is 0 Å². The Labute approximate surface area is 175 Å². The van der Waals surface area contributed by atoms with Crippen molar-refractivity contribution >= 4 is 5.91 Å². The maximum Gasteiger partial charge on any atom is 0.227 e. The van der Waals surface area contributed by atoms with Gasteiger partial charge in [0.2, 0.25) is 5.91 Å². The standard InChI is InChI=1S/C24H38N2O3/c1-13-6-7-19-22(2,3)9-14(25-5)10-24(19)23(13,4)11-16-18(27)8-15-17(20(16)29-24)12-26-21(15)28/h13-16,18-19,25,27H,6-12H2,1-5H3,(H,26,28). The van der Waals surface area contributed by atoms with E-state index in [-0.39, 0.29) is 34.2 Å². The van der Waals surface area contributed by atoms with Crippen LogP contribution in [0.15, 0.2) is 11.3 Å². The zero-order valence-electron chi connectivity index (χ0n) is 18.7. The zero-order chi connectivity index (χ0) is 20.8. The zero-order valence-corrected chi connectivity index (χ0v) is 18.7. The van der Waals surface area contributed by atoms with Crippen LogP contribution >= 0.6 is 0 Å². The average molecular weight is 403 g/mol. The first kappa shape index (κ1) is 19.9. The molecular formula is C24H38N2O3. The average Bonchev–Trinajstić information content (AvgIpc) is 3.02. The van der Waals surface area contributed by atoms with Gasteiger partial charge in [0.1, 0.15) is 11.4 Å². The third-order valence-electron chi connectivity index (χ3n) is 9.90. The van der Waals surface area contributed by atoms with E-state index in [1.807, 2.05) is 0 Å². The number of nitrogens with one attached hydrogen (secondary N) is 2. The highest BCUT2D eigenvalue weighted by atomic mass is 16.5. The van der Waals surface area contributed by atoms with Gasteiger partial charge in [-0.15, -0.1) is 0 Å². The first-order chi connectivity index (χ1) is 13.6. The molecule has 8 atom stereocenters. The Morgan fingerprint density at radius 1 is 1.17 bits per heavy atom. The van der Waals surface area contributed by atoms with Crippen molar-refractivity contribution in [3.05, 3.63) is 11.3 Å². The van der Waals surface area contributed by atoms with Crippen molar-refractivity contribution in [1.82, 2.24) is 10.6 Å². The third kappa shape index (κ3) is 2.49. The minimum absolute atomic E-state index is 0.0291. The molecule has 3 aliphatic carbocycles. The minimum atomic E-state index is -0.485. The van der Waals surface area contributed by atoms with Crippen molar-refractivity contribution in [2.45, 2.75) is 84.0 Å². The number of carbonyl (C=O) groups is 1. The van der Waals surface area contributed by atoms with Crippen LogP contribution in [0.2, 0.25) is 0 Å². The summed E-state index contributed by atoms with van der Waals surface area (Å²) in [5.74, 6) is 1.92. The molecule has 2 saturated carbocycles. The summed E-state index contributed by atoms with van der Waals surface area (Å²) in [7, 11) is 2.08. The fourth-order valence-corrected chi connectivity index (χ4v) is 8.14. The van der Waals surface area contributed by atoms with Crippen LogP contribution in [-0.2, 0) is 9.53 Å². The number of hydrogen-bond donors (Lipinski definition) is 3. The van der Waals surface area contributed by atoms with Crippen molar-refractivity contribution in [2.24, 2.45) is 34.5 Å². The Balaban J connectivity index is 1.67. The molecule has 4 fully saturated rings. The molecule has 0 bridgehead atoms. The van der Waals surface area contributed by atoms with Gasteiger partial charge in [-0.3, -0.25) is 4.79 Å². The summed E-state index contributed by atoms with van der Waals surface area (Å²) >= 11 is 0. The van der Waals surface area contributed by atoms with Crippen LogP contribution in [0.5, 0.6) is 0 Å². The lowest BCUT2D eigenvalue weighted by Gasteiger charge is -2.69. The van der Waals surface area contributed by atoms with Crippen molar-refractivity contribution in [1.29, 1.82) is 0 Å². The highest BCUT2D eigenvalue weighted by molar-refractivity contribution is 5.85. The number of carbonyl (C=O) groups excluding carboxylic acids is 1. The molecule has 2 aliphatic heterocycles.